The van der Waals surface area contributed by atoms with Crippen LogP contribution in [0.2, 0.25) is 0 Å². The molecule has 2 aromatic heterocycles. The lowest BCUT2D eigenvalue weighted by atomic mass is 10.3. The van der Waals surface area contributed by atoms with E-state index in [4.69, 9.17) is 5.84 Å². The third-order valence-electron chi connectivity index (χ3n) is 3.34. The molecule has 1 unspecified atom stereocenters. The third kappa shape index (κ3) is 3.04. The van der Waals surface area contributed by atoms with E-state index < -0.39 is 10.0 Å². The zero-order valence-corrected chi connectivity index (χ0v) is 14.6. The van der Waals surface area contributed by atoms with Gasteiger partial charge in [0.15, 0.2) is 10.8 Å². The molecule has 0 radical (unpaired) electrons. The average Bonchev–Trinajstić information content (AvgIpc) is 3.03. The number of fused-ring (bicyclic) bond motifs is 1. The topological polar surface area (TPSA) is 92.7 Å². The van der Waals surface area contributed by atoms with Crippen LogP contribution in [0.4, 0.5) is 5.82 Å². The van der Waals surface area contributed by atoms with Gasteiger partial charge in [-0.3, -0.25) is 4.40 Å². The molecule has 118 valence electrons. The molecule has 10 heteroatoms. The molecule has 3 N–H and O–H groups in total. The number of hydrogen-bond donors (Lipinski definition) is 2. The van der Waals surface area contributed by atoms with Crippen LogP contribution in [0.1, 0.15) is 13.3 Å². The van der Waals surface area contributed by atoms with Gasteiger partial charge in [-0.25, -0.2) is 14.3 Å². The van der Waals surface area contributed by atoms with Gasteiger partial charge in [0.25, 0.3) is 10.0 Å². The summed E-state index contributed by atoms with van der Waals surface area (Å²) in [5, 5.41) is 1.87. The smallest absolute Gasteiger partial charge is 0.262 e. The van der Waals surface area contributed by atoms with Gasteiger partial charge < -0.3 is 5.43 Å². The number of anilines is 1. The van der Waals surface area contributed by atoms with Crippen LogP contribution in [0.15, 0.2) is 16.6 Å². The molecule has 2 heterocycles. The minimum Gasteiger partial charge on any atom is -0.306 e. The molecule has 21 heavy (non-hydrogen) atoms. The van der Waals surface area contributed by atoms with Crippen molar-refractivity contribution < 1.29 is 8.42 Å². The van der Waals surface area contributed by atoms with Gasteiger partial charge in [0.05, 0.1) is 0 Å². The van der Waals surface area contributed by atoms with Crippen molar-refractivity contribution in [3.63, 3.8) is 0 Å². The summed E-state index contributed by atoms with van der Waals surface area (Å²) in [7, 11) is -2.09. The van der Waals surface area contributed by atoms with Crippen LogP contribution in [-0.4, -0.2) is 47.2 Å². The quantitative estimate of drug-likeness (QED) is 0.580. The molecule has 2 aromatic rings. The number of hydrogen-bond acceptors (Lipinski definition) is 7. The van der Waals surface area contributed by atoms with Crippen LogP contribution >= 0.6 is 23.1 Å². The van der Waals surface area contributed by atoms with E-state index in [9.17, 15) is 8.42 Å². The van der Waals surface area contributed by atoms with Crippen molar-refractivity contribution >= 4 is 43.9 Å². The second kappa shape index (κ2) is 6.53. The minimum absolute atomic E-state index is 0.0831. The number of rotatable bonds is 7. The van der Waals surface area contributed by atoms with E-state index >= 15 is 0 Å². The zero-order valence-electron chi connectivity index (χ0n) is 12.1. The highest BCUT2D eigenvalue weighted by molar-refractivity contribution is 7.98. The van der Waals surface area contributed by atoms with Crippen LogP contribution in [0.25, 0.3) is 4.96 Å². The van der Waals surface area contributed by atoms with Gasteiger partial charge in [-0.15, -0.1) is 11.3 Å². The molecular formula is C11H19N5O2S3. The van der Waals surface area contributed by atoms with E-state index in [1.807, 2.05) is 13.2 Å². The molecular weight excluding hydrogens is 330 g/mol. The largest absolute Gasteiger partial charge is 0.306 e. The van der Waals surface area contributed by atoms with Crippen LogP contribution in [0.5, 0.6) is 0 Å². The number of nitrogens with zero attached hydrogens (tertiary/aromatic N) is 3. The summed E-state index contributed by atoms with van der Waals surface area (Å²) in [5.74, 6) is 6.50. The van der Waals surface area contributed by atoms with E-state index in [1.165, 1.54) is 15.6 Å². The SMILES string of the molecule is CSCCC(C)N(C)S(=O)(=O)c1c(NN)nc2sccn12. The van der Waals surface area contributed by atoms with E-state index in [0.717, 1.165) is 12.2 Å². The van der Waals surface area contributed by atoms with Gasteiger partial charge in [0.2, 0.25) is 5.03 Å². The van der Waals surface area contributed by atoms with Crippen molar-refractivity contribution in [3.8, 4) is 0 Å². The predicted octanol–water partition coefficient (Wildman–Crippen LogP) is 1.44. The maximum absolute atomic E-state index is 12.9. The third-order valence-corrected chi connectivity index (χ3v) is 6.74. The lowest BCUT2D eigenvalue weighted by molar-refractivity contribution is 0.381. The highest BCUT2D eigenvalue weighted by Crippen LogP contribution is 2.28. The maximum Gasteiger partial charge on any atom is 0.262 e. The van der Waals surface area contributed by atoms with Crippen molar-refractivity contribution in [2.24, 2.45) is 5.84 Å². The number of sulfonamides is 1. The van der Waals surface area contributed by atoms with Gasteiger partial charge in [-0.2, -0.15) is 21.1 Å². The highest BCUT2D eigenvalue weighted by atomic mass is 32.2. The molecule has 0 spiro atoms. The van der Waals surface area contributed by atoms with Crippen molar-refractivity contribution in [3.05, 3.63) is 11.6 Å². The number of aromatic nitrogens is 2. The number of thiazole rings is 1. The number of nitrogens with one attached hydrogen (secondary N) is 1. The van der Waals surface area contributed by atoms with Crippen molar-refractivity contribution in [1.29, 1.82) is 0 Å². The minimum atomic E-state index is -3.68. The van der Waals surface area contributed by atoms with Crippen LogP contribution in [0, 0.1) is 0 Å². The van der Waals surface area contributed by atoms with Crippen molar-refractivity contribution in [1.82, 2.24) is 13.7 Å². The molecule has 0 saturated carbocycles. The number of imidazole rings is 1. The molecule has 0 aliphatic carbocycles. The Morgan fingerprint density at radius 2 is 2.33 bits per heavy atom. The molecule has 0 fully saturated rings. The second-order valence-corrected chi connectivity index (χ2v) is 8.39. The molecule has 0 bridgehead atoms. The Hall–Kier alpha value is -0.810. The summed E-state index contributed by atoms with van der Waals surface area (Å²) >= 11 is 3.06. The van der Waals surface area contributed by atoms with E-state index in [2.05, 4.69) is 10.4 Å². The first kappa shape index (κ1) is 16.6. The van der Waals surface area contributed by atoms with E-state index in [0.29, 0.717) is 4.96 Å². The first-order valence-corrected chi connectivity index (χ1v) is 10.0. The fourth-order valence-corrected chi connectivity index (χ4v) is 4.89. The molecule has 0 aromatic carbocycles. The van der Waals surface area contributed by atoms with E-state index in [1.54, 1.807) is 34.8 Å². The summed E-state index contributed by atoms with van der Waals surface area (Å²) in [6.45, 7) is 1.90. The predicted molar refractivity (Wildman–Crippen MR) is 88.3 cm³/mol. The summed E-state index contributed by atoms with van der Waals surface area (Å²) in [4.78, 5) is 4.79. The molecule has 0 aliphatic heterocycles. The van der Waals surface area contributed by atoms with Crippen molar-refractivity contribution in [2.45, 2.75) is 24.4 Å². The first-order valence-electron chi connectivity index (χ1n) is 6.32. The number of nitrogen functional groups attached to an aromatic ring is 1. The van der Waals surface area contributed by atoms with Crippen LogP contribution < -0.4 is 11.3 Å². The molecule has 7 nitrogen and oxygen atoms in total. The van der Waals surface area contributed by atoms with Gasteiger partial charge in [-0.05, 0) is 25.4 Å². The van der Waals surface area contributed by atoms with Crippen molar-refractivity contribution in [2.75, 3.05) is 24.5 Å². The Balaban J connectivity index is 2.43. The molecule has 1 atom stereocenters. The molecule has 0 saturated heterocycles. The lowest BCUT2D eigenvalue weighted by Gasteiger charge is -2.24. The monoisotopic (exact) mass is 349 g/mol. The van der Waals surface area contributed by atoms with Crippen LogP contribution in [-0.2, 0) is 10.0 Å². The summed E-state index contributed by atoms with van der Waals surface area (Å²) in [5.41, 5.74) is 2.38. The van der Waals surface area contributed by atoms with Gasteiger partial charge in [-0.1, -0.05) is 0 Å². The molecule has 0 amide bonds. The van der Waals surface area contributed by atoms with E-state index in [-0.39, 0.29) is 16.9 Å². The van der Waals surface area contributed by atoms with Gasteiger partial charge in [0, 0.05) is 24.7 Å². The van der Waals surface area contributed by atoms with Gasteiger partial charge in [0.1, 0.15) is 0 Å². The Morgan fingerprint density at radius 1 is 1.62 bits per heavy atom. The fraction of sp³-hybridized carbons (Fsp3) is 0.545. The summed E-state index contributed by atoms with van der Waals surface area (Å²) in [6.07, 6.45) is 4.47. The first-order chi connectivity index (χ1) is 9.93. The lowest BCUT2D eigenvalue weighted by Crippen LogP contribution is -2.36. The summed E-state index contributed by atoms with van der Waals surface area (Å²) in [6, 6.07) is -0.0998. The standard InChI is InChI=1S/C11H19N5O2S3/c1-8(4-6-19-3)15(2)21(17,18)10-9(14-12)13-11-16(10)5-7-20-11/h5,7-8,14H,4,6,12H2,1-3H3. The zero-order chi connectivity index (χ0) is 15.6. The Morgan fingerprint density at radius 3 is 2.95 bits per heavy atom. The second-order valence-electron chi connectivity index (χ2n) is 4.62. The Bertz CT molecular complexity index is 709. The number of hydrazine groups is 1. The number of nitrogens with two attached hydrogens (primary N) is 1. The summed E-state index contributed by atoms with van der Waals surface area (Å²) < 4.78 is 28.6. The van der Waals surface area contributed by atoms with Crippen LogP contribution in [0.3, 0.4) is 0 Å². The Labute approximate surface area is 132 Å². The fourth-order valence-electron chi connectivity index (χ4n) is 1.95. The maximum atomic E-state index is 12.9. The van der Waals surface area contributed by atoms with Gasteiger partial charge >= 0.3 is 0 Å². The Kier molecular flexibility index (Phi) is 5.15. The molecule has 0 aliphatic rings. The number of thioether (sulfide) groups is 1. The average molecular weight is 350 g/mol. The highest BCUT2D eigenvalue weighted by Gasteiger charge is 2.32. The molecule has 2 rings (SSSR count). The normalized spacial score (nSPS) is 14.0.